The highest BCUT2D eigenvalue weighted by molar-refractivity contribution is 5.96. The van der Waals surface area contributed by atoms with E-state index in [1.165, 1.54) is 0 Å². The van der Waals surface area contributed by atoms with E-state index < -0.39 is 11.8 Å². The summed E-state index contributed by atoms with van der Waals surface area (Å²) >= 11 is 0. The van der Waals surface area contributed by atoms with E-state index in [-0.39, 0.29) is 11.8 Å². The number of hydrogen-bond acceptors (Lipinski definition) is 6. The van der Waals surface area contributed by atoms with Crippen molar-refractivity contribution in [3.63, 3.8) is 0 Å². The van der Waals surface area contributed by atoms with Gasteiger partial charge >= 0.3 is 0 Å². The first-order valence-corrected chi connectivity index (χ1v) is 11.9. The zero-order chi connectivity index (χ0) is 26.2. The number of carbonyl (C=O) groups excluding carboxylic acids is 4. The van der Waals surface area contributed by atoms with Crippen LogP contribution in [0, 0.1) is 0 Å². The summed E-state index contributed by atoms with van der Waals surface area (Å²) < 4.78 is 10.1. The molecular weight excluding hydrogens is 464 g/mol. The summed E-state index contributed by atoms with van der Waals surface area (Å²) in [7, 11) is 3.09. The van der Waals surface area contributed by atoms with Crippen molar-refractivity contribution in [3.8, 4) is 11.5 Å². The van der Waals surface area contributed by atoms with Gasteiger partial charge in [0.25, 0.3) is 11.8 Å². The molecule has 0 spiro atoms. The van der Waals surface area contributed by atoms with Crippen molar-refractivity contribution in [2.24, 2.45) is 0 Å². The number of unbranched alkanes of at least 4 members (excludes halogenated alkanes) is 5. The number of methoxy groups -OCH3 is 2. The molecule has 0 bridgehead atoms. The fraction of sp³-hybridized carbons (Fsp3) is 0.385. The van der Waals surface area contributed by atoms with Crippen molar-refractivity contribution < 1.29 is 28.7 Å². The third kappa shape index (κ3) is 10.5. The number of nitrogens with one attached hydrogen (secondary N) is 4. The molecule has 36 heavy (non-hydrogen) atoms. The summed E-state index contributed by atoms with van der Waals surface area (Å²) in [5, 5.41) is 0. The van der Waals surface area contributed by atoms with Crippen molar-refractivity contribution >= 4 is 23.6 Å². The molecule has 10 nitrogen and oxygen atoms in total. The lowest BCUT2D eigenvalue weighted by Gasteiger charge is -2.08. The van der Waals surface area contributed by atoms with E-state index in [1.54, 1.807) is 62.8 Å². The second kappa shape index (κ2) is 15.8. The highest BCUT2D eigenvalue weighted by atomic mass is 16.5. The van der Waals surface area contributed by atoms with Gasteiger partial charge in [-0.05, 0) is 61.4 Å². The topological polar surface area (TPSA) is 135 Å². The van der Waals surface area contributed by atoms with Gasteiger partial charge in [-0.25, -0.2) is 0 Å². The summed E-state index contributed by atoms with van der Waals surface area (Å²) in [6, 6.07) is 13.1. The second-order valence-corrected chi connectivity index (χ2v) is 8.08. The Hall–Kier alpha value is -4.08. The lowest BCUT2D eigenvalue weighted by Crippen LogP contribution is -2.41. The minimum atomic E-state index is -0.393. The van der Waals surface area contributed by atoms with Crippen LogP contribution >= 0.6 is 0 Å². The molecule has 0 aliphatic carbocycles. The lowest BCUT2D eigenvalue weighted by molar-refractivity contribution is -0.122. The Bertz CT molecular complexity index is 911. The van der Waals surface area contributed by atoms with E-state index in [0.29, 0.717) is 48.3 Å². The van der Waals surface area contributed by atoms with Crippen LogP contribution in [0.15, 0.2) is 48.5 Å². The van der Waals surface area contributed by atoms with E-state index in [4.69, 9.17) is 9.47 Å². The van der Waals surface area contributed by atoms with Gasteiger partial charge in [0.15, 0.2) is 0 Å². The molecule has 0 atom stereocenters. The van der Waals surface area contributed by atoms with E-state index in [1.807, 2.05) is 0 Å². The van der Waals surface area contributed by atoms with Crippen LogP contribution in [-0.4, -0.2) is 37.8 Å². The first-order valence-electron chi connectivity index (χ1n) is 11.9. The second-order valence-electron chi connectivity index (χ2n) is 8.08. The molecule has 0 aliphatic rings. The molecule has 0 fully saturated rings. The SMILES string of the molecule is COc1ccc(C(=O)NNC(=O)CCCCCCCCC(=O)NNC(=O)c2ccc(OC)cc2)cc1. The predicted octanol–water partition coefficient (Wildman–Crippen LogP) is 3.05. The van der Waals surface area contributed by atoms with Crippen LogP contribution < -0.4 is 31.2 Å². The van der Waals surface area contributed by atoms with Crippen LogP contribution in [0.25, 0.3) is 0 Å². The van der Waals surface area contributed by atoms with Crippen LogP contribution in [0.2, 0.25) is 0 Å². The highest BCUT2D eigenvalue weighted by Crippen LogP contribution is 2.12. The first-order chi connectivity index (χ1) is 17.4. The van der Waals surface area contributed by atoms with Crippen molar-refractivity contribution in [1.29, 1.82) is 0 Å². The van der Waals surface area contributed by atoms with Crippen molar-refractivity contribution in [3.05, 3.63) is 59.7 Å². The Balaban J connectivity index is 1.45. The number of benzene rings is 2. The summed E-state index contributed by atoms with van der Waals surface area (Å²) in [6.07, 6.45) is 5.71. The minimum absolute atomic E-state index is 0.245. The molecule has 194 valence electrons. The molecule has 0 saturated heterocycles. The molecule has 4 N–H and O–H groups in total. The van der Waals surface area contributed by atoms with Crippen LogP contribution in [-0.2, 0) is 9.59 Å². The van der Waals surface area contributed by atoms with Crippen LogP contribution in [0.4, 0.5) is 0 Å². The maximum Gasteiger partial charge on any atom is 0.269 e. The zero-order valence-electron chi connectivity index (χ0n) is 20.7. The molecule has 0 aromatic heterocycles. The third-order valence-electron chi connectivity index (χ3n) is 5.39. The van der Waals surface area contributed by atoms with Gasteiger partial charge in [0.05, 0.1) is 14.2 Å². The number of hydrogen-bond donors (Lipinski definition) is 4. The van der Waals surface area contributed by atoms with E-state index in [9.17, 15) is 19.2 Å². The van der Waals surface area contributed by atoms with Crippen molar-refractivity contribution in [2.75, 3.05) is 14.2 Å². The quantitative estimate of drug-likeness (QED) is 0.248. The summed E-state index contributed by atoms with van der Waals surface area (Å²) in [6.45, 7) is 0. The Kier molecular flexibility index (Phi) is 12.3. The normalized spacial score (nSPS) is 10.2. The number of amides is 4. The van der Waals surface area contributed by atoms with Crippen LogP contribution in [0.3, 0.4) is 0 Å². The molecule has 10 heteroatoms. The molecule has 0 radical (unpaired) electrons. The van der Waals surface area contributed by atoms with E-state index >= 15 is 0 Å². The summed E-state index contributed by atoms with van der Waals surface area (Å²) in [4.78, 5) is 47.8. The lowest BCUT2D eigenvalue weighted by atomic mass is 10.1. The number of hydrazine groups is 2. The van der Waals surface area contributed by atoms with Gasteiger partial charge in [-0.2, -0.15) is 0 Å². The fourth-order valence-corrected chi connectivity index (χ4v) is 3.29. The van der Waals surface area contributed by atoms with E-state index in [2.05, 4.69) is 21.7 Å². The summed E-state index contributed by atoms with van der Waals surface area (Å²) in [5.74, 6) is 0.0161. The zero-order valence-corrected chi connectivity index (χ0v) is 20.7. The molecule has 0 aliphatic heterocycles. The average Bonchev–Trinajstić information content (AvgIpc) is 2.91. The minimum Gasteiger partial charge on any atom is -0.497 e. The molecule has 0 heterocycles. The monoisotopic (exact) mass is 498 g/mol. The van der Waals surface area contributed by atoms with Crippen molar-refractivity contribution in [2.45, 2.75) is 51.4 Å². The molecular formula is C26H34N4O6. The van der Waals surface area contributed by atoms with Crippen LogP contribution in [0.5, 0.6) is 11.5 Å². The molecule has 2 rings (SSSR count). The number of ether oxygens (including phenoxy) is 2. The Morgan fingerprint density at radius 2 is 0.861 bits per heavy atom. The van der Waals surface area contributed by atoms with Gasteiger partial charge in [-0.15, -0.1) is 0 Å². The van der Waals surface area contributed by atoms with Gasteiger partial charge in [0, 0.05) is 24.0 Å². The maximum atomic E-state index is 12.0. The standard InChI is InChI=1S/C26H34N4O6/c1-35-21-15-11-19(12-16-21)25(33)29-27-23(31)9-7-5-3-4-6-8-10-24(32)28-30-26(34)20-13-17-22(36-2)18-14-20/h11-18H,3-10H2,1-2H3,(H,27,31)(H,28,32)(H,29,33)(H,30,34). The van der Waals surface area contributed by atoms with E-state index in [0.717, 1.165) is 25.7 Å². The Morgan fingerprint density at radius 1 is 0.528 bits per heavy atom. The third-order valence-corrected chi connectivity index (χ3v) is 5.39. The van der Waals surface area contributed by atoms with Gasteiger partial charge in [-0.3, -0.25) is 40.9 Å². The first kappa shape index (κ1) is 28.2. The largest absolute Gasteiger partial charge is 0.497 e. The molecule has 2 aromatic carbocycles. The molecule has 4 amide bonds. The van der Waals surface area contributed by atoms with Gasteiger partial charge < -0.3 is 9.47 Å². The van der Waals surface area contributed by atoms with Gasteiger partial charge in [-0.1, -0.05) is 25.7 Å². The molecule has 0 unspecified atom stereocenters. The fourth-order valence-electron chi connectivity index (χ4n) is 3.29. The number of carbonyl (C=O) groups is 4. The smallest absolute Gasteiger partial charge is 0.269 e. The van der Waals surface area contributed by atoms with Gasteiger partial charge in [0.2, 0.25) is 11.8 Å². The molecule has 0 saturated carbocycles. The van der Waals surface area contributed by atoms with Crippen LogP contribution in [0.1, 0.15) is 72.1 Å². The molecule has 2 aromatic rings. The maximum absolute atomic E-state index is 12.0. The Labute approximate surface area is 211 Å². The highest BCUT2D eigenvalue weighted by Gasteiger charge is 2.09. The average molecular weight is 499 g/mol. The van der Waals surface area contributed by atoms with Gasteiger partial charge in [0.1, 0.15) is 11.5 Å². The predicted molar refractivity (Wildman–Crippen MR) is 134 cm³/mol. The summed E-state index contributed by atoms with van der Waals surface area (Å²) in [5.41, 5.74) is 10.5. The van der Waals surface area contributed by atoms with Crippen molar-refractivity contribution in [1.82, 2.24) is 21.7 Å². The number of rotatable bonds is 13. The Morgan fingerprint density at radius 3 is 1.19 bits per heavy atom.